The summed E-state index contributed by atoms with van der Waals surface area (Å²) in [4.78, 5) is 18.0. The fourth-order valence-corrected chi connectivity index (χ4v) is 4.37. The van der Waals surface area contributed by atoms with E-state index in [-0.39, 0.29) is 5.82 Å². The van der Waals surface area contributed by atoms with Gasteiger partial charge in [-0.25, -0.2) is 19.0 Å². The number of nitrogens with zero attached hydrogens (tertiary/aromatic N) is 7. The molecule has 2 N–H and O–H groups in total. The Labute approximate surface area is 200 Å². The Morgan fingerprint density at radius 3 is 2.33 bits per heavy atom. The maximum atomic E-state index is 13.3. The van der Waals surface area contributed by atoms with Gasteiger partial charge in [-0.2, -0.15) is 5.10 Å². The van der Waals surface area contributed by atoms with Crippen molar-refractivity contribution in [1.82, 2.24) is 19.5 Å². The van der Waals surface area contributed by atoms with Crippen molar-refractivity contribution in [2.75, 3.05) is 38.1 Å². The Balaban J connectivity index is 1.45. The summed E-state index contributed by atoms with van der Waals surface area (Å²) in [7, 11) is 1.78. The largest absolute Gasteiger partial charge is 0.352 e. The van der Waals surface area contributed by atoms with Crippen molar-refractivity contribution in [3.8, 4) is 0 Å². The highest BCUT2D eigenvalue weighted by atomic mass is 79.9. The van der Waals surface area contributed by atoms with Crippen LogP contribution in [-0.2, 0) is 5.54 Å². The van der Waals surface area contributed by atoms with Gasteiger partial charge in [0, 0.05) is 68.6 Å². The first-order chi connectivity index (χ1) is 15.8. The lowest BCUT2D eigenvalue weighted by Gasteiger charge is -2.36. The molecule has 0 radical (unpaired) electrons. The molecule has 0 bridgehead atoms. The van der Waals surface area contributed by atoms with Crippen LogP contribution in [0.4, 0.5) is 10.3 Å². The van der Waals surface area contributed by atoms with Gasteiger partial charge in [0.1, 0.15) is 17.3 Å². The number of piperazine rings is 1. The van der Waals surface area contributed by atoms with Crippen molar-refractivity contribution < 1.29 is 4.39 Å². The molecule has 33 heavy (non-hydrogen) atoms. The average Bonchev–Trinajstić information content (AvgIpc) is 3.20. The van der Waals surface area contributed by atoms with E-state index in [0.29, 0.717) is 5.95 Å². The molecule has 1 saturated heterocycles. The molecule has 3 aromatic rings. The quantitative estimate of drug-likeness (QED) is 0.419. The maximum Gasteiger partial charge on any atom is 0.225 e. The minimum absolute atomic E-state index is 0.293. The van der Waals surface area contributed by atoms with Crippen LogP contribution in [-0.4, -0.2) is 65.3 Å². The second-order valence-electron chi connectivity index (χ2n) is 8.03. The Bertz CT molecular complexity index is 1150. The number of rotatable bonds is 5. The van der Waals surface area contributed by atoms with E-state index in [1.165, 1.54) is 12.1 Å². The van der Waals surface area contributed by atoms with Crippen molar-refractivity contribution >= 4 is 34.4 Å². The second kappa shape index (κ2) is 9.40. The third kappa shape index (κ3) is 4.67. The molecule has 4 rings (SSSR count). The number of amidine groups is 1. The molecular weight excluding hydrogens is 487 g/mol. The van der Waals surface area contributed by atoms with Crippen LogP contribution in [0.2, 0.25) is 0 Å². The Morgan fingerprint density at radius 1 is 1.12 bits per heavy atom. The number of hydrogen-bond donors (Lipinski definition) is 1. The fraction of sp³-hybridized carbons (Fsp3) is 0.304. The van der Waals surface area contributed by atoms with Crippen molar-refractivity contribution in [2.24, 2.45) is 15.8 Å². The molecule has 1 atom stereocenters. The third-order valence-corrected chi connectivity index (χ3v) is 6.34. The summed E-state index contributed by atoms with van der Waals surface area (Å²) in [6, 6.07) is 8.17. The lowest BCUT2D eigenvalue weighted by Crippen LogP contribution is -2.49. The van der Waals surface area contributed by atoms with Crippen LogP contribution in [0.3, 0.4) is 0 Å². The Morgan fingerprint density at radius 2 is 1.76 bits per heavy atom. The number of anilines is 1. The van der Waals surface area contributed by atoms with Crippen LogP contribution >= 0.6 is 15.9 Å². The van der Waals surface area contributed by atoms with Gasteiger partial charge < -0.3 is 15.5 Å². The lowest BCUT2D eigenvalue weighted by atomic mass is 9.87. The molecule has 1 aromatic carbocycles. The molecule has 172 valence electrons. The molecule has 0 saturated carbocycles. The van der Waals surface area contributed by atoms with Gasteiger partial charge in [-0.3, -0.25) is 4.99 Å². The smallest absolute Gasteiger partial charge is 0.225 e. The average molecular weight is 513 g/mol. The molecular formula is C23H26BrFN8. The highest BCUT2D eigenvalue weighted by Crippen LogP contribution is 2.26. The highest BCUT2D eigenvalue weighted by molar-refractivity contribution is 9.10. The SMILES string of the molecule is C=Nn1cc(Br)cc1/C(=N\C)N1CCN(c2ncc(C(C)(N)c3ccc(F)cc3)cn2)CC1. The predicted molar refractivity (Wildman–Crippen MR) is 132 cm³/mol. The molecule has 10 heteroatoms. The lowest BCUT2D eigenvalue weighted by molar-refractivity contribution is 0.381. The van der Waals surface area contributed by atoms with Gasteiger partial charge in [0.2, 0.25) is 5.95 Å². The number of hydrogen-bond acceptors (Lipinski definition) is 6. The predicted octanol–water partition coefficient (Wildman–Crippen LogP) is 3.06. The van der Waals surface area contributed by atoms with Crippen molar-refractivity contribution in [2.45, 2.75) is 12.5 Å². The molecule has 1 unspecified atom stereocenters. The maximum absolute atomic E-state index is 13.3. The summed E-state index contributed by atoms with van der Waals surface area (Å²) >= 11 is 3.49. The highest BCUT2D eigenvalue weighted by Gasteiger charge is 2.27. The van der Waals surface area contributed by atoms with Crippen LogP contribution in [0.1, 0.15) is 23.7 Å². The number of halogens is 2. The topological polar surface area (TPSA) is 87.9 Å². The van der Waals surface area contributed by atoms with E-state index in [0.717, 1.165) is 53.3 Å². The van der Waals surface area contributed by atoms with E-state index in [1.807, 2.05) is 19.2 Å². The number of benzene rings is 1. The summed E-state index contributed by atoms with van der Waals surface area (Å²) in [5.74, 6) is 1.22. The van der Waals surface area contributed by atoms with Crippen LogP contribution < -0.4 is 10.6 Å². The summed E-state index contributed by atoms with van der Waals surface area (Å²) in [6.45, 7) is 8.54. The zero-order valence-corrected chi connectivity index (χ0v) is 20.2. The van der Waals surface area contributed by atoms with E-state index in [4.69, 9.17) is 5.73 Å². The van der Waals surface area contributed by atoms with E-state index in [9.17, 15) is 4.39 Å². The van der Waals surface area contributed by atoms with Gasteiger partial charge >= 0.3 is 0 Å². The third-order valence-electron chi connectivity index (χ3n) is 5.90. The van der Waals surface area contributed by atoms with Crippen LogP contribution in [0.5, 0.6) is 0 Å². The van der Waals surface area contributed by atoms with E-state index in [1.54, 1.807) is 36.3 Å². The first-order valence-corrected chi connectivity index (χ1v) is 11.3. The summed E-state index contributed by atoms with van der Waals surface area (Å²) in [5.41, 5.74) is 8.16. The van der Waals surface area contributed by atoms with Gasteiger partial charge in [0.25, 0.3) is 0 Å². The van der Waals surface area contributed by atoms with Crippen molar-refractivity contribution in [3.63, 3.8) is 0 Å². The van der Waals surface area contributed by atoms with E-state index < -0.39 is 5.54 Å². The van der Waals surface area contributed by atoms with Gasteiger partial charge in [-0.15, -0.1) is 0 Å². The van der Waals surface area contributed by atoms with E-state index in [2.05, 4.69) is 52.5 Å². The standard InChI is InChI=1S/C23H26BrFN8/c1-23(26,16-4-6-19(25)7-5-16)17-13-29-22(30-14-17)32-10-8-31(9-11-32)21(27-2)20-12-18(24)15-33(20)28-3/h4-7,12-15H,3,8-11,26H2,1-2H3/b27-21+. The zero-order chi connectivity index (χ0) is 23.6. The number of nitrogens with two attached hydrogens (primary N) is 1. The minimum Gasteiger partial charge on any atom is -0.352 e. The fourth-order valence-electron chi connectivity index (χ4n) is 3.96. The number of aliphatic imine (C=N–C) groups is 1. The van der Waals surface area contributed by atoms with Gasteiger partial charge in [-0.1, -0.05) is 12.1 Å². The van der Waals surface area contributed by atoms with Crippen LogP contribution in [0, 0.1) is 5.82 Å². The summed E-state index contributed by atoms with van der Waals surface area (Å²) in [6.07, 6.45) is 5.35. The van der Waals surface area contributed by atoms with Gasteiger partial charge in [0.05, 0.1) is 5.54 Å². The van der Waals surface area contributed by atoms with Gasteiger partial charge in [-0.05, 0) is 46.6 Å². The molecule has 3 heterocycles. The molecule has 8 nitrogen and oxygen atoms in total. The molecule has 1 fully saturated rings. The van der Waals surface area contributed by atoms with Crippen LogP contribution in [0.15, 0.2) is 63.5 Å². The summed E-state index contributed by atoms with van der Waals surface area (Å²) in [5, 5.41) is 4.04. The molecule has 0 aliphatic carbocycles. The molecule has 0 amide bonds. The Hall–Kier alpha value is -3.11. The molecule has 2 aromatic heterocycles. The van der Waals surface area contributed by atoms with Crippen molar-refractivity contribution in [3.05, 3.63) is 76.0 Å². The molecule has 0 spiro atoms. The normalized spacial score (nSPS) is 16.6. The summed E-state index contributed by atoms with van der Waals surface area (Å²) < 4.78 is 15.9. The molecule has 1 aliphatic heterocycles. The zero-order valence-electron chi connectivity index (χ0n) is 18.6. The Kier molecular flexibility index (Phi) is 6.57. The van der Waals surface area contributed by atoms with Crippen LogP contribution in [0.25, 0.3) is 0 Å². The first-order valence-electron chi connectivity index (χ1n) is 10.5. The minimum atomic E-state index is -0.820. The monoisotopic (exact) mass is 512 g/mol. The van der Waals surface area contributed by atoms with E-state index >= 15 is 0 Å². The second-order valence-corrected chi connectivity index (χ2v) is 8.95. The van der Waals surface area contributed by atoms with Crippen molar-refractivity contribution in [1.29, 1.82) is 0 Å². The molecule has 1 aliphatic rings. The van der Waals surface area contributed by atoms with Gasteiger partial charge in [0.15, 0.2) is 0 Å². The number of aromatic nitrogens is 3. The first kappa shape index (κ1) is 23.1.